The van der Waals surface area contributed by atoms with Crippen LogP contribution in [0.5, 0.6) is 11.5 Å². The molecule has 0 aliphatic heterocycles. The fourth-order valence-corrected chi connectivity index (χ4v) is 2.76. The third-order valence-electron chi connectivity index (χ3n) is 4.70. The van der Waals surface area contributed by atoms with Crippen LogP contribution in [0.3, 0.4) is 0 Å². The van der Waals surface area contributed by atoms with Gasteiger partial charge in [-0.1, -0.05) is 12.1 Å². The number of nitrogens with one attached hydrogen (secondary N) is 1. The van der Waals surface area contributed by atoms with E-state index in [1.54, 1.807) is 7.11 Å². The summed E-state index contributed by atoms with van der Waals surface area (Å²) in [6, 6.07) is 15.6. The molecule has 2 aromatic carbocycles. The second-order valence-electron chi connectivity index (χ2n) is 7.04. The van der Waals surface area contributed by atoms with Gasteiger partial charge in [0.1, 0.15) is 11.5 Å². The highest BCUT2D eigenvalue weighted by molar-refractivity contribution is 5.94. The fraction of sp³-hybridized carbons (Fsp3) is 0.409. The van der Waals surface area contributed by atoms with Gasteiger partial charge in [0, 0.05) is 11.6 Å². The van der Waals surface area contributed by atoms with Gasteiger partial charge in [-0.2, -0.15) is 0 Å². The van der Waals surface area contributed by atoms with E-state index in [-0.39, 0.29) is 11.9 Å². The highest BCUT2D eigenvalue weighted by Crippen LogP contribution is 2.29. The van der Waals surface area contributed by atoms with Crippen LogP contribution in [0.25, 0.3) is 0 Å². The lowest BCUT2D eigenvalue weighted by molar-refractivity contribution is 0.0938. The quantitative estimate of drug-likeness (QED) is 0.734. The molecule has 0 aromatic heterocycles. The monoisotopic (exact) mass is 353 g/mol. The lowest BCUT2D eigenvalue weighted by Gasteiger charge is -2.14. The van der Waals surface area contributed by atoms with E-state index in [1.807, 2.05) is 43.3 Å². The zero-order chi connectivity index (χ0) is 18.4. The number of amides is 1. The largest absolute Gasteiger partial charge is 0.497 e. The summed E-state index contributed by atoms with van der Waals surface area (Å²) in [6.07, 6.45) is 4.35. The van der Waals surface area contributed by atoms with Gasteiger partial charge in [0.25, 0.3) is 5.91 Å². The molecule has 1 amide bonds. The first-order valence-corrected chi connectivity index (χ1v) is 9.30. The smallest absolute Gasteiger partial charge is 0.251 e. The van der Waals surface area contributed by atoms with Crippen LogP contribution in [-0.2, 0) is 6.42 Å². The summed E-state index contributed by atoms with van der Waals surface area (Å²) in [5.74, 6) is 2.38. The van der Waals surface area contributed by atoms with Crippen molar-refractivity contribution in [1.29, 1.82) is 0 Å². The Morgan fingerprint density at radius 1 is 1.08 bits per heavy atom. The van der Waals surface area contributed by atoms with Crippen LogP contribution in [0, 0.1) is 5.92 Å². The van der Waals surface area contributed by atoms with Crippen LogP contribution in [-0.4, -0.2) is 25.7 Å². The lowest BCUT2D eigenvalue weighted by atomic mass is 10.1. The molecule has 0 radical (unpaired) electrons. The Morgan fingerprint density at radius 3 is 2.35 bits per heavy atom. The lowest BCUT2D eigenvalue weighted by Crippen LogP contribution is -2.32. The number of carbonyl (C=O) groups is 1. The van der Waals surface area contributed by atoms with Crippen molar-refractivity contribution in [2.45, 2.75) is 38.6 Å². The third-order valence-corrected chi connectivity index (χ3v) is 4.70. The first kappa shape index (κ1) is 18.3. The fourth-order valence-electron chi connectivity index (χ4n) is 2.76. The summed E-state index contributed by atoms with van der Waals surface area (Å²) in [6.45, 7) is 2.82. The van der Waals surface area contributed by atoms with Gasteiger partial charge in [-0.25, -0.2) is 0 Å². The number of rotatable bonds is 9. The van der Waals surface area contributed by atoms with Gasteiger partial charge in [-0.05, 0) is 80.5 Å². The summed E-state index contributed by atoms with van der Waals surface area (Å²) < 4.78 is 10.9. The molecule has 138 valence electrons. The predicted molar refractivity (Wildman–Crippen MR) is 103 cm³/mol. The van der Waals surface area contributed by atoms with E-state index in [9.17, 15) is 4.79 Å². The SMILES string of the molecule is COc1ccc(CCC(C)NC(=O)c2ccc(OCC3CC3)cc2)cc1. The number of hydrogen-bond donors (Lipinski definition) is 1. The van der Waals surface area contributed by atoms with Crippen LogP contribution in [0.2, 0.25) is 0 Å². The van der Waals surface area contributed by atoms with E-state index in [2.05, 4.69) is 17.4 Å². The van der Waals surface area contributed by atoms with Crippen molar-refractivity contribution >= 4 is 5.91 Å². The summed E-state index contributed by atoms with van der Waals surface area (Å²) in [5.41, 5.74) is 1.91. The Balaban J connectivity index is 1.43. The molecular formula is C22H27NO3. The summed E-state index contributed by atoms with van der Waals surface area (Å²) in [4.78, 5) is 12.4. The number of benzene rings is 2. The third kappa shape index (κ3) is 5.51. The normalized spacial score (nSPS) is 14.5. The van der Waals surface area contributed by atoms with Gasteiger partial charge < -0.3 is 14.8 Å². The van der Waals surface area contributed by atoms with Gasteiger partial charge in [-0.15, -0.1) is 0 Å². The number of methoxy groups -OCH3 is 1. The Labute approximate surface area is 155 Å². The molecule has 26 heavy (non-hydrogen) atoms. The van der Waals surface area contributed by atoms with Crippen molar-refractivity contribution < 1.29 is 14.3 Å². The van der Waals surface area contributed by atoms with Crippen LogP contribution >= 0.6 is 0 Å². The van der Waals surface area contributed by atoms with E-state index in [4.69, 9.17) is 9.47 Å². The van der Waals surface area contributed by atoms with Gasteiger partial charge >= 0.3 is 0 Å². The number of ether oxygens (including phenoxy) is 2. The maximum Gasteiger partial charge on any atom is 0.251 e. The second kappa shape index (κ2) is 8.75. The molecule has 1 unspecified atom stereocenters. The average molecular weight is 353 g/mol. The summed E-state index contributed by atoms with van der Waals surface area (Å²) in [7, 11) is 1.67. The van der Waals surface area contributed by atoms with Crippen LogP contribution in [0.1, 0.15) is 42.1 Å². The van der Waals surface area contributed by atoms with E-state index >= 15 is 0 Å². The molecule has 0 spiro atoms. The molecule has 0 saturated heterocycles. The molecule has 1 aliphatic carbocycles. The molecule has 4 heteroatoms. The number of carbonyl (C=O) groups excluding carboxylic acids is 1. The molecule has 2 aromatic rings. The van der Waals surface area contributed by atoms with Crippen LogP contribution in [0.15, 0.2) is 48.5 Å². The molecular weight excluding hydrogens is 326 g/mol. The summed E-state index contributed by atoms with van der Waals surface area (Å²) >= 11 is 0. The molecule has 1 atom stereocenters. The minimum Gasteiger partial charge on any atom is -0.497 e. The number of aryl methyl sites for hydroxylation is 1. The Morgan fingerprint density at radius 2 is 1.73 bits per heavy atom. The maximum atomic E-state index is 12.4. The zero-order valence-corrected chi connectivity index (χ0v) is 15.5. The highest BCUT2D eigenvalue weighted by Gasteiger charge is 2.21. The van der Waals surface area contributed by atoms with E-state index in [0.29, 0.717) is 5.56 Å². The molecule has 1 fully saturated rings. The topological polar surface area (TPSA) is 47.6 Å². The average Bonchev–Trinajstić information content (AvgIpc) is 3.50. The zero-order valence-electron chi connectivity index (χ0n) is 15.5. The number of hydrogen-bond acceptors (Lipinski definition) is 3. The second-order valence-corrected chi connectivity index (χ2v) is 7.04. The predicted octanol–water partition coefficient (Wildman–Crippen LogP) is 4.24. The van der Waals surface area contributed by atoms with Crippen molar-refractivity contribution in [2.75, 3.05) is 13.7 Å². The van der Waals surface area contributed by atoms with Crippen molar-refractivity contribution in [3.05, 3.63) is 59.7 Å². The minimum atomic E-state index is -0.0408. The molecule has 0 bridgehead atoms. The van der Waals surface area contributed by atoms with E-state index < -0.39 is 0 Å². The molecule has 1 N–H and O–H groups in total. The van der Waals surface area contributed by atoms with Crippen LogP contribution in [0.4, 0.5) is 0 Å². The first-order chi connectivity index (χ1) is 12.6. The standard InChI is InChI=1S/C22H27NO3/c1-16(3-4-17-7-11-20(25-2)12-8-17)23-22(24)19-9-13-21(14-10-19)26-15-18-5-6-18/h7-14,16,18H,3-6,15H2,1-2H3,(H,23,24). The Bertz CT molecular complexity index is 705. The molecule has 1 saturated carbocycles. The van der Waals surface area contributed by atoms with Gasteiger partial charge in [0.05, 0.1) is 13.7 Å². The Hall–Kier alpha value is -2.49. The van der Waals surface area contributed by atoms with Gasteiger partial charge in [0.15, 0.2) is 0 Å². The van der Waals surface area contributed by atoms with Crippen molar-refractivity contribution in [3.8, 4) is 11.5 Å². The van der Waals surface area contributed by atoms with Crippen molar-refractivity contribution in [3.63, 3.8) is 0 Å². The molecule has 0 heterocycles. The maximum absolute atomic E-state index is 12.4. The highest BCUT2D eigenvalue weighted by atomic mass is 16.5. The van der Waals surface area contributed by atoms with Crippen molar-refractivity contribution in [1.82, 2.24) is 5.32 Å². The van der Waals surface area contributed by atoms with Crippen LogP contribution < -0.4 is 14.8 Å². The van der Waals surface area contributed by atoms with E-state index in [1.165, 1.54) is 18.4 Å². The molecule has 4 nitrogen and oxygen atoms in total. The van der Waals surface area contributed by atoms with Crippen molar-refractivity contribution in [2.24, 2.45) is 5.92 Å². The Kier molecular flexibility index (Phi) is 6.16. The minimum absolute atomic E-state index is 0.0408. The van der Waals surface area contributed by atoms with Gasteiger partial charge in [-0.3, -0.25) is 4.79 Å². The molecule has 3 rings (SSSR count). The first-order valence-electron chi connectivity index (χ1n) is 9.30. The van der Waals surface area contributed by atoms with E-state index in [0.717, 1.165) is 36.9 Å². The van der Waals surface area contributed by atoms with Gasteiger partial charge in [0.2, 0.25) is 0 Å². The molecule has 1 aliphatic rings. The summed E-state index contributed by atoms with van der Waals surface area (Å²) in [5, 5.41) is 3.06.